The van der Waals surface area contributed by atoms with Crippen LogP contribution >= 0.6 is 23.4 Å². The fraction of sp³-hybridized carbons (Fsp3) is 0.467. The van der Waals surface area contributed by atoms with Crippen molar-refractivity contribution in [2.45, 2.75) is 11.6 Å². The highest BCUT2D eigenvalue weighted by Crippen LogP contribution is 2.28. The van der Waals surface area contributed by atoms with Gasteiger partial charge in [-0.1, -0.05) is 35.5 Å². The van der Waals surface area contributed by atoms with Crippen molar-refractivity contribution in [2.75, 3.05) is 38.6 Å². The molecule has 1 aliphatic rings. The first-order chi connectivity index (χ1) is 10.8. The van der Waals surface area contributed by atoms with E-state index in [1.165, 1.54) is 0 Å². The Morgan fingerprint density at radius 2 is 2.00 bits per heavy atom. The van der Waals surface area contributed by atoms with E-state index in [-0.39, 0.29) is 0 Å². The summed E-state index contributed by atoms with van der Waals surface area (Å²) >= 11 is 7.72. The molecule has 1 saturated heterocycles. The summed E-state index contributed by atoms with van der Waals surface area (Å²) in [6.45, 7) is 4.83. The lowest BCUT2D eigenvalue weighted by Crippen LogP contribution is -2.36. The molecule has 0 unspecified atom stereocenters. The van der Waals surface area contributed by atoms with Crippen LogP contribution in [-0.4, -0.2) is 53.7 Å². The first-order valence-corrected chi connectivity index (χ1v) is 8.70. The summed E-state index contributed by atoms with van der Waals surface area (Å²) in [5.74, 6) is 1.43. The molecule has 0 amide bonds. The van der Waals surface area contributed by atoms with Gasteiger partial charge in [0.25, 0.3) is 5.22 Å². The molecule has 3 rings (SSSR count). The van der Waals surface area contributed by atoms with Crippen molar-refractivity contribution in [2.24, 2.45) is 0 Å². The largest absolute Gasteiger partial charge is 0.411 e. The molecule has 0 aliphatic carbocycles. The molecule has 1 aliphatic heterocycles. The third-order valence-electron chi connectivity index (χ3n) is 3.46. The number of rotatable bonds is 6. The number of halogens is 1. The normalized spacial score (nSPS) is 16.0. The van der Waals surface area contributed by atoms with Gasteiger partial charge in [-0.15, -0.1) is 10.2 Å². The van der Waals surface area contributed by atoms with Crippen molar-refractivity contribution in [3.63, 3.8) is 0 Å². The van der Waals surface area contributed by atoms with Crippen LogP contribution in [0.15, 0.2) is 33.9 Å². The Kier molecular flexibility index (Phi) is 5.72. The fourth-order valence-corrected chi connectivity index (χ4v) is 3.19. The number of morpholine rings is 1. The molecule has 0 radical (unpaired) electrons. The number of hydrogen-bond donors (Lipinski definition) is 0. The standard InChI is InChI=1S/C15H18ClN3O2S/c16-13-5-2-1-4-12(13)14-17-18-15(21-14)22-11-3-6-19-7-9-20-10-8-19/h1-2,4-5H,3,6-11H2. The van der Waals surface area contributed by atoms with Gasteiger partial charge in [0.1, 0.15) is 0 Å². The van der Waals surface area contributed by atoms with Crippen molar-refractivity contribution in [3.8, 4) is 11.5 Å². The molecule has 22 heavy (non-hydrogen) atoms. The Balaban J connectivity index is 1.47. The van der Waals surface area contributed by atoms with Gasteiger partial charge in [-0.05, 0) is 25.1 Å². The molecule has 0 atom stereocenters. The summed E-state index contributed by atoms with van der Waals surface area (Å²) in [7, 11) is 0. The van der Waals surface area contributed by atoms with E-state index in [4.69, 9.17) is 20.8 Å². The van der Waals surface area contributed by atoms with E-state index in [1.54, 1.807) is 11.8 Å². The van der Waals surface area contributed by atoms with Crippen LogP contribution in [0, 0.1) is 0 Å². The van der Waals surface area contributed by atoms with Crippen LogP contribution in [-0.2, 0) is 4.74 Å². The van der Waals surface area contributed by atoms with Gasteiger partial charge in [-0.25, -0.2) is 0 Å². The third kappa shape index (κ3) is 4.23. The molecule has 118 valence electrons. The highest BCUT2D eigenvalue weighted by atomic mass is 35.5. The van der Waals surface area contributed by atoms with Gasteiger partial charge in [0.2, 0.25) is 5.89 Å². The number of nitrogens with zero attached hydrogens (tertiary/aromatic N) is 3. The van der Waals surface area contributed by atoms with Gasteiger partial charge in [0.05, 0.1) is 23.8 Å². The smallest absolute Gasteiger partial charge is 0.276 e. The Bertz CT molecular complexity index is 602. The molecule has 0 N–H and O–H groups in total. The van der Waals surface area contributed by atoms with Crippen LogP contribution in [0.3, 0.4) is 0 Å². The van der Waals surface area contributed by atoms with E-state index >= 15 is 0 Å². The monoisotopic (exact) mass is 339 g/mol. The molecule has 7 heteroatoms. The average molecular weight is 340 g/mol. The molecule has 2 heterocycles. The Morgan fingerprint density at radius 3 is 2.82 bits per heavy atom. The van der Waals surface area contributed by atoms with Crippen LogP contribution in [0.4, 0.5) is 0 Å². The van der Waals surface area contributed by atoms with Gasteiger partial charge in [0, 0.05) is 18.8 Å². The molecule has 0 saturated carbocycles. The third-order valence-corrected chi connectivity index (χ3v) is 4.69. The van der Waals surface area contributed by atoms with Crippen LogP contribution in [0.25, 0.3) is 11.5 Å². The summed E-state index contributed by atoms with van der Waals surface area (Å²) in [6, 6.07) is 7.48. The van der Waals surface area contributed by atoms with Gasteiger partial charge < -0.3 is 9.15 Å². The fourth-order valence-electron chi connectivity index (χ4n) is 2.28. The summed E-state index contributed by atoms with van der Waals surface area (Å²) in [5, 5.41) is 9.35. The van der Waals surface area contributed by atoms with Crippen LogP contribution in [0.5, 0.6) is 0 Å². The summed E-state index contributed by atoms with van der Waals surface area (Å²) in [6.07, 6.45) is 1.09. The average Bonchev–Trinajstić information content (AvgIpc) is 3.02. The van der Waals surface area contributed by atoms with Crippen LogP contribution in [0.1, 0.15) is 6.42 Å². The van der Waals surface area contributed by atoms with Gasteiger partial charge in [-0.2, -0.15) is 0 Å². The molecule has 5 nitrogen and oxygen atoms in total. The first-order valence-electron chi connectivity index (χ1n) is 7.34. The molecular formula is C15H18ClN3O2S. The zero-order chi connectivity index (χ0) is 15.2. The lowest BCUT2D eigenvalue weighted by molar-refractivity contribution is 0.0381. The zero-order valence-electron chi connectivity index (χ0n) is 12.2. The lowest BCUT2D eigenvalue weighted by atomic mass is 10.2. The minimum Gasteiger partial charge on any atom is -0.411 e. The van der Waals surface area contributed by atoms with Crippen molar-refractivity contribution in [3.05, 3.63) is 29.3 Å². The topological polar surface area (TPSA) is 51.4 Å². The van der Waals surface area contributed by atoms with Crippen LogP contribution in [0.2, 0.25) is 5.02 Å². The van der Waals surface area contributed by atoms with Crippen molar-refractivity contribution in [1.29, 1.82) is 0 Å². The van der Waals surface area contributed by atoms with E-state index in [2.05, 4.69) is 15.1 Å². The predicted molar refractivity (Wildman–Crippen MR) is 87.3 cm³/mol. The second kappa shape index (κ2) is 7.97. The highest BCUT2D eigenvalue weighted by molar-refractivity contribution is 7.99. The molecule has 1 fully saturated rings. The maximum absolute atomic E-state index is 6.13. The van der Waals surface area contributed by atoms with Gasteiger partial charge in [-0.3, -0.25) is 4.90 Å². The van der Waals surface area contributed by atoms with E-state index < -0.39 is 0 Å². The van der Waals surface area contributed by atoms with Gasteiger partial charge >= 0.3 is 0 Å². The SMILES string of the molecule is Clc1ccccc1-c1nnc(SCCCN2CCOCC2)o1. The maximum atomic E-state index is 6.13. The predicted octanol–water partition coefficient (Wildman–Crippen LogP) is 3.20. The Morgan fingerprint density at radius 1 is 1.18 bits per heavy atom. The summed E-state index contributed by atoms with van der Waals surface area (Å²) < 4.78 is 11.0. The van der Waals surface area contributed by atoms with E-state index in [0.717, 1.165) is 50.6 Å². The highest BCUT2D eigenvalue weighted by Gasteiger charge is 2.13. The van der Waals surface area contributed by atoms with Gasteiger partial charge in [0.15, 0.2) is 0 Å². The minimum absolute atomic E-state index is 0.473. The molecule has 1 aromatic carbocycles. The summed E-state index contributed by atoms with van der Waals surface area (Å²) in [5.41, 5.74) is 0.775. The lowest BCUT2D eigenvalue weighted by Gasteiger charge is -2.26. The first kappa shape index (κ1) is 15.8. The number of benzene rings is 1. The van der Waals surface area contributed by atoms with Crippen LogP contribution < -0.4 is 0 Å². The quantitative estimate of drug-likeness (QED) is 0.595. The zero-order valence-corrected chi connectivity index (χ0v) is 13.8. The molecular weight excluding hydrogens is 322 g/mol. The number of thioether (sulfide) groups is 1. The van der Waals surface area contributed by atoms with E-state index in [9.17, 15) is 0 Å². The number of hydrogen-bond acceptors (Lipinski definition) is 6. The van der Waals surface area contributed by atoms with E-state index in [1.807, 2.05) is 24.3 Å². The molecule has 0 spiro atoms. The molecule has 0 bridgehead atoms. The molecule has 2 aromatic rings. The number of aromatic nitrogens is 2. The Hall–Kier alpha value is -1.08. The Labute approximate surface area is 139 Å². The van der Waals surface area contributed by atoms with Crippen molar-refractivity contribution >= 4 is 23.4 Å². The maximum Gasteiger partial charge on any atom is 0.276 e. The number of ether oxygens (including phenoxy) is 1. The summed E-state index contributed by atoms with van der Waals surface area (Å²) in [4.78, 5) is 2.42. The van der Waals surface area contributed by atoms with E-state index in [0.29, 0.717) is 16.1 Å². The second-order valence-electron chi connectivity index (χ2n) is 5.01. The molecule has 1 aromatic heterocycles. The van der Waals surface area contributed by atoms with Crippen molar-refractivity contribution in [1.82, 2.24) is 15.1 Å². The minimum atomic E-state index is 0.473. The second-order valence-corrected chi connectivity index (χ2v) is 6.46. The van der Waals surface area contributed by atoms with Crippen molar-refractivity contribution < 1.29 is 9.15 Å².